The maximum atomic E-state index is 14.1. The Morgan fingerprint density at radius 2 is 2.20 bits per heavy atom. The van der Waals surface area contributed by atoms with Crippen molar-refractivity contribution in [3.05, 3.63) is 23.3 Å². The summed E-state index contributed by atoms with van der Waals surface area (Å²) in [6.45, 7) is 4.50. The highest BCUT2D eigenvalue weighted by atomic mass is 19.1. The van der Waals surface area contributed by atoms with E-state index in [9.17, 15) is 14.3 Å². The molecule has 0 fully saturated rings. The molecule has 1 aromatic carbocycles. The number of esters is 1. The topological polar surface area (TPSA) is 65.0 Å². The molecule has 1 atom stereocenters. The van der Waals surface area contributed by atoms with Gasteiger partial charge in [0.25, 0.3) is 0 Å². The van der Waals surface area contributed by atoms with Gasteiger partial charge in [-0.05, 0) is 38.5 Å². The van der Waals surface area contributed by atoms with Gasteiger partial charge in [0, 0.05) is 5.56 Å². The third kappa shape index (κ3) is 2.70. The second-order valence-corrected chi connectivity index (χ2v) is 4.93. The van der Waals surface area contributed by atoms with E-state index in [0.29, 0.717) is 11.3 Å². The minimum Gasteiger partial charge on any atom is -0.464 e. The minimum absolute atomic E-state index is 0.0337. The van der Waals surface area contributed by atoms with Crippen LogP contribution in [0.25, 0.3) is 0 Å². The van der Waals surface area contributed by atoms with Gasteiger partial charge in [0.2, 0.25) is 6.79 Å². The minimum atomic E-state index is -1.63. The average molecular weight is 284 g/mol. The molecule has 0 saturated carbocycles. The van der Waals surface area contributed by atoms with Gasteiger partial charge in [-0.2, -0.15) is 0 Å². The molecule has 1 N–H and O–H groups in total. The number of carbonyl (C=O) groups is 1. The predicted molar refractivity (Wildman–Crippen MR) is 68.3 cm³/mol. The summed E-state index contributed by atoms with van der Waals surface area (Å²) >= 11 is 0. The number of carbonyl (C=O) groups excluding carboxylic acids is 1. The third-order valence-corrected chi connectivity index (χ3v) is 2.99. The summed E-state index contributed by atoms with van der Waals surface area (Å²) < 4.78 is 29.3. The van der Waals surface area contributed by atoms with E-state index in [1.54, 1.807) is 6.92 Å². The lowest BCUT2D eigenvalue weighted by molar-refractivity contribution is -0.153. The molecule has 1 aromatic rings. The first-order valence-electron chi connectivity index (χ1n) is 6.32. The van der Waals surface area contributed by atoms with Crippen molar-refractivity contribution in [3.63, 3.8) is 0 Å². The van der Waals surface area contributed by atoms with Crippen LogP contribution in [0.3, 0.4) is 0 Å². The van der Waals surface area contributed by atoms with Crippen molar-refractivity contribution in [2.75, 3.05) is 13.4 Å². The number of hydrogen-bond donors (Lipinski definition) is 1. The molecule has 6 heteroatoms. The second kappa shape index (κ2) is 5.28. The summed E-state index contributed by atoms with van der Waals surface area (Å²) in [6, 6.07) is 2.90. The molecule has 0 spiro atoms. The second-order valence-electron chi connectivity index (χ2n) is 4.93. The largest absolute Gasteiger partial charge is 0.464 e. The standard InChI is InChI=1S/C14H17FO5/c1-4-18-13(17)11(16)9-5-8(14(2,3)15)6-10-12(9)20-7-19-10/h5-6,11,16H,4,7H2,1-3H3. The number of aliphatic hydroxyl groups excluding tert-OH is 1. The van der Waals surface area contributed by atoms with E-state index < -0.39 is 17.7 Å². The zero-order chi connectivity index (χ0) is 14.9. The van der Waals surface area contributed by atoms with E-state index in [4.69, 9.17) is 14.2 Å². The smallest absolute Gasteiger partial charge is 0.339 e. The first kappa shape index (κ1) is 14.6. The first-order valence-corrected chi connectivity index (χ1v) is 6.32. The Hall–Kier alpha value is -1.82. The van der Waals surface area contributed by atoms with Crippen molar-refractivity contribution < 1.29 is 28.5 Å². The number of hydrogen-bond acceptors (Lipinski definition) is 5. The summed E-state index contributed by atoms with van der Waals surface area (Å²) in [5.41, 5.74) is -1.19. The van der Waals surface area contributed by atoms with Crippen molar-refractivity contribution in [1.29, 1.82) is 0 Å². The summed E-state index contributed by atoms with van der Waals surface area (Å²) in [4.78, 5) is 11.6. The molecule has 0 aromatic heterocycles. The molecular formula is C14H17FO5. The molecule has 1 heterocycles. The van der Waals surface area contributed by atoms with E-state index in [2.05, 4.69) is 0 Å². The van der Waals surface area contributed by atoms with Gasteiger partial charge in [-0.1, -0.05) is 0 Å². The van der Waals surface area contributed by atoms with Crippen LogP contribution in [0.15, 0.2) is 12.1 Å². The van der Waals surface area contributed by atoms with Gasteiger partial charge in [-0.3, -0.25) is 0 Å². The molecule has 1 unspecified atom stereocenters. The first-order chi connectivity index (χ1) is 9.34. The predicted octanol–water partition coefficient (Wildman–Crippen LogP) is 2.22. The highest BCUT2D eigenvalue weighted by Crippen LogP contribution is 2.42. The maximum absolute atomic E-state index is 14.1. The Balaban J connectivity index is 2.46. The normalized spacial score (nSPS) is 15.1. The number of ether oxygens (including phenoxy) is 3. The van der Waals surface area contributed by atoms with Crippen molar-refractivity contribution in [2.24, 2.45) is 0 Å². The van der Waals surface area contributed by atoms with Crippen molar-refractivity contribution in [2.45, 2.75) is 32.5 Å². The number of halogens is 1. The molecular weight excluding hydrogens is 267 g/mol. The van der Waals surface area contributed by atoms with Crippen LogP contribution in [0.2, 0.25) is 0 Å². The van der Waals surface area contributed by atoms with Crippen molar-refractivity contribution in [1.82, 2.24) is 0 Å². The third-order valence-electron chi connectivity index (χ3n) is 2.99. The van der Waals surface area contributed by atoms with Gasteiger partial charge in [-0.15, -0.1) is 0 Å². The van der Waals surface area contributed by atoms with Crippen LogP contribution in [-0.2, 0) is 15.2 Å². The fourth-order valence-electron chi connectivity index (χ4n) is 1.93. The number of alkyl halides is 1. The lowest BCUT2D eigenvalue weighted by Crippen LogP contribution is -2.17. The Morgan fingerprint density at radius 1 is 1.50 bits per heavy atom. The number of rotatable bonds is 4. The van der Waals surface area contributed by atoms with Crippen LogP contribution >= 0.6 is 0 Å². The summed E-state index contributed by atoms with van der Waals surface area (Å²) in [6.07, 6.45) is -1.53. The fourth-order valence-corrected chi connectivity index (χ4v) is 1.93. The molecule has 0 bridgehead atoms. The van der Waals surface area contributed by atoms with Crippen LogP contribution in [0.1, 0.15) is 38.0 Å². The summed E-state index contributed by atoms with van der Waals surface area (Å²) in [7, 11) is 0. The maximum Gasteiger partial charge on any atom is 0.339 e. The Morgan fingerprint density at radius 3 is 2.80 bits per heavy atom. The quantitative estimate of drug-likeness (QED) is 0.859. The van der Waals surface area contributed by atoms with E-state index in [0.717, 1.165) is 0 Å². The molecule has 0 amide bonds. The van der Waals surface area contributed by atoms with Crippen molar-refractivity contribution >= 4 is 5.97 Å². The van der Waals surface area contributed by atoms with Gasteiger partial charge in [0.1, 0.15) is 5.67 Å². The molecule has 2 rings (SSSR count). The monoisotopic (exact) mass is 284 g/mol. The molecule has 110 valence electrons. The lowest BCUT2D eigenvalue weighted by atomic mass is 9.95. The van der Waals surface area contributed by atoms with Crippen LogP contribution in [0.5, 0.6) is 11.5 Å². The average Bonchev–Trinajstić information content (AvgIpc) is 2.84. The zero-order valence-corrected chi connectivity index (χ0v) is 11.6. The van der Waals surface area contributed by atoms with Gasteiger partial charge < -0.3 is 19.3 Å². The van der Waals surface area contributed by atoms with Crippen LogP contribution in [0.4, 0.5) is 4.39 Å². The Kier molecular flexibility index (Phi) is 3.85. The zero-order valence-electron chi connectivity index (χ0n) is 11.6. The molecule has 0 aliphatic carbocycles. The molecule has 0 saturated heterocycles. The van der Waals surface area contributed by atoms with E-state index in [1.807, 2.05) is 0 Å². The van der Waals surface area contributed by atoms with Crippen molar-refractivity contribution in [3.8, 4) is 11.5 Å². The molecule has 1 aliphatic heterocycles. The van der Waals surface area contributed by atoms with Gasteiger partial charge in [0.05, 0.1) is 6.61 Å². The van der Waals surface area contributed by atoms with Gasteiger partial charge in [-0.25, -0.2) is 9.18 Å². The van der Waals surface area contributed by atoms with Gasteiger partial charge >= 0.3 is 5.97 Å². The van der Waals surface area contributed by atoms with E-state index in [1.165, 1.54) is 26.0 Å². The summed E-state index contributed by atoms with van der Waals surface area (Å²) in [5, 5.41) is 10.0. The lowest BCUT2D eigenvalue weighted by Gasteiger charge is -2.19. The Labute approximate surface area is 116 Å². The van der Waals surface area contributed by atoms with E-state index >= 15 is 0 Å². The SMILES string of the molecule is CCOC(=O)C(O)c1cc(C(C)(C)F)cc2c1OCO2. The number of benzene rings is 1. The fraction of sp³-hybridized carbons (Fsp3) is 0.500. The highest BCUT2D eigenvalue weighted by molar-refractivity contribution is 5.78. The molecule has 1 aliphatic rings. The van der Waals surface area contributed by atoms with Crippen LogP contribution < -0.4 is 9.47 Å². The number of aliphatic hydroxyl groups is 1. The van der Waals surface area contributed by atoms with E-state index in [-0.39, 0.29) is 24.7 Å². The number of fused-ring (bicyclic) bond motifs is 1. The molecule has 20 heavy (non-hydrogen) atoms. The van der Waals surface area contributed by atoms with Crippen LogP contribution in [-0.4, -0.2) is 24.5 Å². The Bertz CT molecular complexity index is 521. The molecule has 0 radical (unpaired) electrons. The van der Waals surface area contributed by atoms with Gasteiger partial charge in [0.15, 0.2) is 17.6 Å². The highest BCUT2D eigenvalue weighted by Gasteiger charge is 2.31. The summed E-state index contributed by atoms with van der Waals surface area (Å²) in [5.74, 6) is -0.246. The van der Waals surface area contributed by atoms with Crippen LogP contribution in [0, 0.1) is 0 Å². The molecule has 5 nitrogen and oxygen atoms in total.